The summed E-state index contributed by atoms with van der Waals surface area (Å²) in [6.07, 6.45) is 10.5. The molecule has 0 atom stereocenters. The zero-order valence-electron chi connectivity index (χ0n) is 20.1. The predicted molar refractivity (Wildman–Crippen MR) is 131 cm³/mol. The van der Waals surface area contributed by atoms with Crippen molar-refractivity contribution >= 4 is 5.78 Å². The van der Waals surface area contributed by atoms with E-state index in [0.29, 0.717) is 18.9 Å². The van der Waals surface area contributed by atoms with E-state index in [1.807, 2.05) is 35.9 Å². The number of rotatable bonds is 6. The average Bonchev–Trinajstić information content (AvgIpc) is 3.79. The summed E-state index contributed by atoms with van der Waals surface area (Å²) in [5.41, 5.74) is 4.45. The van der Waals surface area contributed by atoms with Gasteiger partial charge in [0, 0.05) is 18.5 Å². The third kappa shape index (κ3) is 3.46. The fraction of sp³-hybridized carbons (Fsp3) is 0.357. The maximum Gasteiger partial charge on any atom is 0.168 e. The second-order valence-electron chi connectivity index (χ2n) is 10.4. The second kappa shape index (κ2) is 7.85. The monoisotopic (exact) mass is 483 g/mol. The van der Waals surface area contributed by atoms with Gasteiger partial charge in [-0.1, -0.05) is 12.1 Å². The van der Waals surface area contributed by atoms with Crippen LogP contribution in [0.3, 0.4) is 0 Å². The summed E-state index contributed by atoms with van der Waals surface area (Å²) in [5, 5.41) is 8.50. The number of carbonyl (C=O) groups excluding carboxylic acids is 1. The van der Waals surface area contributed by atoms with Gasteiger partial charge in [0.15, 0.2) is 11.6 Å². The molecule has 1 aliphatic heterocycles. The molecule has 2 aliphatic carbocycles. The third-order valence-electron chi connectivity index (χ3n) is 7.79. The number of fused-ring (bicyclic) bond motifs is 4. The predicted octanol–water partition coefficient (Wildman–Crippen LogP) is 5.15. The smallest absolute Gasteiger partial charge is 0.168 e. The van der Waals surface area contributed by atoms with Gasteiger partial charge in [-0.05, 0) is 68.4 Å². The van der Waals surface area contributed by atoms with Crippen LogP contribution in [0.15, 0.2) is 49.2 Å². The van der Waals surface area contributed by atoms with E-state index in [-0.39, 0.29) is 23.3 Å². The largest absolute Gasteiger partial charge is 0.490 e. The molecule has 0 radical (unpaired) electrons. The molecule has 2 saturated carbocycles. The van der Waals surface area contributed by atoms with Gasteiger partial charge in [0.25, 0.3) is 0 Å². The van der Waals surface area contributed by atoms with Crippen LogP contribution in [-0.2, 0) is 12.0 Å². The molecule has 7 rings (SSSR count). The van der Waals surface area contributed by atoms with Crippen molar-refractivity contribution in [3.8, 4) is 22.8 Å². The Labute approximate surface area is 208 Å². The molecule has 2 aromatic heterocycles. The van der Waals surface area contributed by atoms with Crippen LogP contribution in [0.5, 0.6) is 5.75 Å². The van der Waals surface area contributed by atoms with Crippen LogP contribution in [0, 0.1) is 12.7 Å². The second-order valence-corrected chi connectivity index (χ2v) is 10.4. The number of benzene rings is 2. The van der Waals surface area contributed by atoms with Crippen molar-refractivity contribution < 1.29 is 13.9 Å². The quantitative estimate of drug-likeness (QED) is 0.355. The molecule has 1 spiro atoms. The number of ether oxygens (including phenoxy) is 1. The summed E-state index contributed by atoms with van der Waals surface area (Å²) < 4.78 is 25.2. The van der Waals surface area contributed by atoms with Crippen molar-refractivity contribution in [3.05, 3.63) is 77.4 Å². The first-order valence-corrected chi connectivity index (χ1v) is 12.6. The number of aromatic nitrogens is 5. The lowest BCUT2D eigenvalue weighted by Gasteiger charge is -2.15. The lowest BCUT2D eigenvalue weighted by atomic mass is 9.98. The number of ketones is 1. The van der Waals surface area contributed by atoms with E-state index in [4.69, 9.17) is 4.74 Å². The Hall–Kier alpha value is -3.81. The Kier molecular flexibility index (Phi) is 4.68. The van der Waals surface area contributed by atoms with Crippen molar-refractivity contribution in [3.63, 3.8) is 0 Å². The van der Waals surface area contributed by atoms with Gasteiger partial charge in [-0.3, -0.25) is 4.79 Å². The van der Waals surface area contributed by atoms with Crippen molar-refractivity contribution in [1.29, 1.82) is 0 Å². The Morgan fingerprint density at radius 3 is 2.89 bits per heavy atom. The summed E-state index contributed by atoms with van der Waals surface area (Å²) in [7, 11) is 0. The number of Topliss-reactive ketones (excluding diaryl/α,β-unsaturated/α-hetero) is 1. The minimum Gasteiger partial charge on any atom is -0.490 e. The molecule has 3 heterocycles. The number of carbonyl (C=O) groups is 1. The van der Waals surface area contributed by atoms with Gasteiger partial charge in [0.05, 0.1) is 34.4 Å². The number of halogens is 1. The maximum absolute atomic E-state index is 14.9. The number of hydrogen-bond donors (Lipinski definition) is 0. The minimum atomic E-state index is -0.490. The number of aryl methyl sites for hydroxylation is 2. The fourth-order valence-corrected chi connectivity index (χ4v) is 5.30. The van der Waals surface area contributed by atoms with E-state index in [1.165, 1.54) is 6.07 Å². The van der Waals surface area contributed by atoms with Crippen LogP contribution in [0.4, 0.5) is 4.39 Å². The highest BCUT2D eigenvalue weighted by Crippen LogP contribution is 2.49. The van der Waals surface area contributed by atoms with Crippen LogP contribution in [0.2, 0.25) is 0 Å². The number of para-hydroxylation sites is 1. The molecule has 8 heteroatoms. The first-order valence-electron chi connectivity index (χ1n) is 12.6. The van der Waals surface area contributed by atoms with Crippen LogP contribution in [-0.4, -0.2) is 36.7 Å². The zero-order chi connectivity index (χ0) is 24.4. The van der Waals surface area contributed by atoms with Gasteiger partial charge >= 0.3 is 0 Å². The summed E-state index contributed by atoms with van der Waals surface area (Å²) in [5.74, 6) is 1.35. The van der Waals surface area contributed by atoms with E-state index >= 15 is 0 Å². The van der Waals surface area contributed by atoms with Crippen molar-refractivity contribution in [2.75, 3.05) is 6.61 Å². The minimum absolute atomic E-state index is 0.0704. The van der Waals surface area contributed by atoms with Gasteiger partial charge in [0.1, 0.15) is 24.5 Å². The van der Waals surface area contributed by atoms with Gasteiger partial charge in [-0.2, -0.15) is 0 Å². The van der Waals surface area contributed by atoms with Gasteiger partial charge in [-0.25, -0.2) is 9.37 Å². The number of hydrogen-bond acceptors (Lipinski definition) is 5. The molecular formula is C28H26FN5O2. The molecule has 0 unspecified atom stereocenters. The molecule has 7 nitrogen and oxygen atoms in total. The Balaban J connectivity index is 1.15. The Morgan fingerprint density at radius 1 is 1.22 bits per heavy atom. The summed E-state index contributed by atoms with van der Waals surface area (Å²) in [4.78, 5) is 17.7. The van der Waals surface area contributed by atoms with Crippen LogP contribution in [0.1, 0.15) is 65.2 Å². The molecular weight excluding hydrogens is 457 g/mol. The topological polar surface area (TPSA) is 74.8 Å². The van der Waals surface area contributed by atoms with Crippen LogP contribution >= 0.6 is 0 Å². The Bertz CT molecular complexity index is 1510. The number of nitrogens with zero attached hydrogens (tertiary/aromatic N) is 5. The van der Waals surface area contributed by atoms with Crippen LogP contribution < -0.4 is 4.74 Å². The average molecular weight is 484 g/mol. The summed E-state index contributed by atoms with van der Waals surface area (Å²) in [6.45, 7) is 2.41. The van der Waals surface area contributed by atoms with E-state index in [0.717, 1.165) is 65.3 Å². The van der Waals surface area contributed by atoms with E-state index < -0.39 is 5.82 Å². The Morgan fingerprint density at radius 2 is 2.08 bits per heavy atom. The standard InChI is InChI=1S/C28H26FN5O2/c1-17-11-22(29)21(12-24(17)33-13-23(30-15-33)18-5-6-18)25(35)8-7-19-3-2-4-20-26(19)36-14-28(9-10-28)34-16-31-32-27(20)34/h2-4,11-13,15-16,18H,5-10,14H2,1H3. The van der Waals surface area contributed by atoms with Gasteiger partial charge < -0.3 is 13.9 Å². The molecule has 182 valence electrons. The van der Waals surface area contributed by atoms with E-state index in [1.54, 1.807) is 18.7 Å². The molecule has 3 aliphatic rings. The van der Waals surface area contributed by atoms with E-state index in [2.05, 4.69) is 19.7 Å². The summed E-state index contributed by atoms with van der Waals surface area (Å²) in [6, 6.07) is 9.01. The molecule has 0 saturated heterocycles. The van der Waals surface area contributed by atoms with Crippen molar-refractivity contribution in [1.82, 2.24) is 24.3 Å². The SMILES string of the molecule is Cc1cc(F)c(C(=O)CCc2cccc3c2OCC2(CC2)n2cnnc2-3)cc1-n1cnc(C2CC2)c1. The summed E-state index contributed by atoms with van der Waals surface area (Å²) >= 11 is 0. The van der Waals surface area contributed by atoms with Gasteiger partial charge in [-0.15, -0.1) is 10.2 Å². The maximum atomic E-state index is 14.9. The van der Waals surface area contributed by atoms with E-state index in [9.17, 15) is 9.18 Å². The first kappa shape index (κ1) is 21.5. The highest BCUT2D eigenvalue weighted by Gasteiger charge is 2.49. The molecule has 0 N–H and O–H groups in total. The molecule has 0 bridgehead atoms. The highest BCUT2D eigenvalue weighted by molar-refractivity contribution is 5.97. The first-order chi connectivity index (χ1) is 17.5. The normalized spacial score (nSPS) is 17.3. The molecule has 4 aromatic rings. The lowest BCUT2D eigenvalue weighted by molar-refractivity contribution is 0.0978. The van der Waals surface area contributed by atoms with Crippen molar-refractivity contribution in [2.24, 2.45) is 0 Å². The molecule has 0 amide bonds. The highest BCUT2D eigenvalue weighted by atomic mass is 19.1. The van der Waals surface area contributed by atoms with Crippen LogP contribution in [0.25, 0.3) is 17.1 Å². The van der Waals surface area contributed by atoms with Crippen molar-refractivity contribution in [2.45, 2.75) is 56.9 Å². The number of imidazole rings is 1. The third-order valence-corrected chi connectivity index (χ3v) is 7.79. The molecule has 2 fully saturated rings. The van der Waals surface area contributed by atoms with Gasteiger partial charge in [0.2, 0.25) is 0 Å². The fourth-order valence-electron chi connectivity index (χ4n) is 5.30. The lowest BCUT2D eigenvalue weighted by Crippen LogP contribution is -2.23. The zero-order valence-corrected chi connectivity index (χ0v) is 20.1. The molecule has 36 heavy (non-hydrogen) atoms. The molecule has 2 aromatic carbocycles.